The molecular formula is C81H85BN2O2. The lowest BCUT2D eigenvalue weighted by atomic mass is 9.45. The second kappa shape index (κ2) is 17.1. The maximum atomic E-state index is 8.07. The molecular weight excluding hydrogens is 1040 g/mol. The molecule has 4 nitrogen and oxygen atoms in total. The summed E-state index contributed by atoms with van der Waals surface area (Å²) in [5.74, 6) is 0. The zero-order chi connectivity index (χ0) is 60.1. The number of nitrogens with zero attached hydrogens (tertiary/aromatic N) is 2. The summed E-state index contributed by atoms with van der Waals surface area (Å²) in [6.45, 7) is 41.1. The van der Waals surface area contributed by atoms with Crippen molar-refractivity contribution in [2.24, 2.45) is 0 Å². The third kappa shape index (κ3) is 7.36. The molecule has 0 spiro atoms. The highest BCUT2D eigenvalue weighted by atomic mass is 16.3. The fourth-order valence-electron chi connectivity index (χ4n) is 17.5. The largest absolute Gasteiger partial charge is 0.466 e. The Morgan fingerprint density at radius 2 is 0.942 bits per heavy atom. The third-order valence-corrected chi connectivity index (χ3v) is 23.2. The van der Waals surface area contributed by atoms with Crippen LogP contribution in [-0.2, 0) is 43.3 Å². The van der Waals surface area contributed by atoms with Gasteiger partial charge in [-0.15, -0.1) is 0 Å². The normalized spacial score (nSPS) is 20.0. The van der Waals surface area contributed by atoms with Crippen LogP contribution < -0.4 is 20.8 Å². The lowest BCUT2D eigenvalue weighted by Crippen LogP contribution is -2.61. The summed E-state index contributed by atoms with van der Waals surface area (Å²) >= 11 is 0. The maximum Gasteiger partial charge on any atom is 0.375 e. The molecule has 0 unspecified atom stereocenters. The highest BCUT2D eigenvalue weighted by Gasteiger charge is 2.54. The van der Waals surface area contributed by atoms with E-state index >= 15 is 0 Å². The van der Waals surface area contributed by atoms with Gasteiger partial charge in [0.05, 0.1) is 11.4 Å². The quantitative estimate of drug-likeness (QED) is 0.165. The molecule has 86 heavy (non-hydrogen) atoms. The second-order valence-corrected chi connectivity index (χ2v) is 32.8. The number of rotatable bonds is 3. The molecule has 0 radical (unpaired) electrons. The summed E-state index contributed by atoms with van der Waals surface area (Å²) in [4.78, 5) is 5.43. The third-order valence-electron chi connectivity index (χ3n) is 23.2. The van der Waals surface area contributed by atoms with E-state index in [2.05, 4.69) is 261 Å². The van der Waals surface area contributed by atoms with Gasteiger partial charge in [0.1, 0.15) is 22.4 Å². The van der Waals surface area contributed by atoms with E-state index in [0.717, 1.165) is 77.7 Å². The SMILES string of the molecule is CC(C)(C)c1ccc(N2c3cc4c(c5c3B(c3oc6cc7c(cc6c32)C(C)(C)CCC7(C)C)N(c2ccc3c(c2)C(C)(C)CCC3(C)C)c2cc3c(cc2-5)oc2cc5c(cc23)C(C)(C)CCC5(C)C)C(C)(C)c2ccccc2-4)c(-c2ccccc2)c1. The number of furan rings is 2. The van der Waals surface area contributed by atoms with Crippen LogP contribution in [-0.4, -0.2) is 6.85 Å². The van der Waals surface area contributed by atoms with E-state index < -0.39 is 0 Å². The first kappa shape index (κ1) is 54.2. The average Bonchev–Trinajstić information content (AvgIpc) is 1.37. The Bertz CT molecular complexity index is 4620. The van der Waals surface area contributed by atoms with Crippen molar-refractivity contribution in [3.8, 4) is 33.4 Å². The van der Waals surface area contributed by atoms with Crippen LogP contribution in [0.3, 0.4) is 0 Å². The molecule has 0 saturated carbocycles. The van der Waals surface area contributed by atoms with Crippen LogP contribution in [0, 0.1) is 0 Å². The van der Waals surface area contributed by atoms with Crippen LogP contribution in [0.2, 0.25) is 0 Å². The van der Waals surface area contributed by atoms with E-state index in [1.807, 2.05) is 0 Å². The minimum absolute atomic E-state index is 0.0202. The summed E-state index contributed by atoms with van der Waals surface area (Å²) in [6, 6.07) is 53.0. The summed E-state index contributed by atoms with van der Waals surface area (Å²) in [5, 5.41) is 3.53. The van der Waals surface area contributed by atoms with Gasteiger partial charge in [0.15, 0.2) is 0 Å². The molecule has 0 amide bonds. The second-order valence-electron chi connectivity index (χ2n) is 32.8. The molecule has 6 aliphatic rings. The van der Waals surface area contributed by atoms with Crippen LogP contribution in [0.15, 0.2) is 142 Å². The van der Waals surface area contributed by atoms with Crippen molar-refractivity contribution in [2.75, 3.05) is 9.71 Å². The van der Waals surface area contributed by atoms with Gasteiger partial charge in [-0.25, -0.2) is 0 Å². The molecule has 16 rings (SSSR count). The molecule has 0 fully saturated rings. The van der Waals surface area contributed by atoms with E-state index in [1.54, 1.807) is 0 Å². The zero-order valence-corrected chi connectivity index (χ0v) is 54.2. The molecule has 0 saturated heterocycles. The fourth-order valence-corrected chi connectivity index (χ4v) is 17.5. The molecule has 0 atom stereocenters. The standard InChI is InChI=1S/C81H85BN2O2/c1-74(2,3)47-27-30-63(50(37-47)46-23-19-18-20-24-46)83-65-42-53-49-25-21-22-26-56(49)81(16,17)70(53)69-54-43-66-52(51-39-59-61(44-67(51)85-66)79(12,13)35-33-77(59,8)9)41-64(54)84(48-28-29-57-58(38-48)76(6,7)32-31-75(57,4)5)82(71(65)69)73-72(83)55-40-60-62(45-68(55)86-73)80(14,15)36-34-78(60,10)11/h18-30,37-45H,31-36H2,1-17H3. The van der Waals surface area contributed by atoms with Crippen LogP contribution in [0.1, 0.15) is 206 Å². The van der Waals surface area contributed by atoms with E-state index in [0.29, 0.717) is 0 Å². The van der Waals surface area contributed by atoms with E-state index in [9.17, 15) is 0 Å². The molecule has 0 bridgehead atoms. The topological polar surface area (TPSA) is 32.8 Å². The van der Waals surface area contributed by atoms with Gasteiger partial charge in [0.25, 0.3) is 0 Å². The Morgan fingerprint density at radius 1 is 0.407 bits per heavy atom. The highest BCUT2D eigenvalue weighted by molar-refractivity contribution is 6.93. The first-order valence-corrected chi connectivity index (χ1v) is 32.4. The van der Waals surface area contributed by atoms with Crippen LogP contribution in [0.25, 0.3) is 66.3 Å². The van der Waals surface area contributed by atoms with Crippen LogP contribution in [0.4, 0.5) is 28.4 Å². The Morgan fingerprint density at radius 3 is 1.57 bits per heavy atom. The van der Waals surface area contributed by atoms with Gasteiger partial charge in [-0.2, -0.15) is 0 Å². The smallest absolute Gasteiger partial charge is 0.375 e. The molecule has 434 valence electrons. The van der Waals surface area contributed by atoms with Crippen molar-refractivity contribution in [3.63, 3.8) is 0 Å². The van der Waals surface area contributed by atoms with Crippen molar-refractivity contribution in [3.05, 3.63) is 184 Å². The number of hydrogen-bond donors (Lipinski definition) is 0. The molecule has 10 aromatic rings. The average molecular weight is 1130 g/mol. The van der Waals surface area contributed by atoms with Gasteiger partial charge < -0.3 is 18.5 Å². The Labute approximate surface area is 511 Å². The van der Waals surface area contributed by atoms with E-state index in [4.69, 9.17) is 8.83 Å². The Kier molecular flexibility index (Phi) is 10.8. The van der Waals surface area contributed by atoms with E-state index in [1.165, 1.54) is 117 Å². The molecule has 2 aliphatic heterocycles. The van der Waals surface area contributed by atoms with Gasteiger partial charge in [-0.05, 0) is 221 Å². The van der Waals surface area contributed by atoms with E-state index in [-0.39, 0.29) is 50.2 Å². The number of hydrogen-bond acceptors (Lipinski definition) is 4. The molecule has 2 aromatic heterocycles. The Balaban J connectivity index is 1.10. The van der Waals surface area contributed by atoms with Gasteiger partial charge >= 0.3 is 6.85 Å². The van der Waals surface area contributed by atoms with Crippen molar-refractivity contribution >= 4 is 79.3 Å². The number of anilines is 5. The zero-order valence-electron chi connectivity index (χ0n) is 54.2. The van der Waals surface area contributed by atoms with Crippen LogP contribution in [0.5, 0.6) is 0 Å². The Hall–Kier alpha value is -7.24. The molecule has 0 N–H and O–H groups in total. The number of benzene rings is 8. The van der Waals surface area contributed by atoms with Gasteiger partial charge in [0, 0.05) is 49.8 Å². The first-order valence-electron chi connectivity index (χ1n) is 32.4. The van der Waals surface area contributed by atoms with Gasteiger partial charge in [-0.1, -0.05) is 184 Å². The predicted octanol–water partition coefficient (Wildman–Crippen LogP) is 21.4. The van der Waals surface area contributed by atoms with Crippen LogP contribution >= 0.6 is 0 Å². The predicted molar refractivity (Wildman–Crippen MR) is 365 cm³/mol. The lowest BCUT2D eigenvalue weighted by Gasteiger charge is -2.47. The van der Waals surface area contributed by atoms with Gasteiger partial charge in [0.2, 0.25) is 0 Å². The maximum absolute atomic E-state index is 8.07. The minimum atomic E-state index is -0.357. The summed E-state index contributed by atoms with van der Waals surface area (Å²) < 4.78 is 15.5. The monoisotopic (exact) mass is 1130 g/mol. The van der Waals surface area contributed by atoms with Gasteiger partial charge in [-0.3, -0.25) is 0 Å². The lowest BCUT2D eigenvalue weighted by molar-refractivity contribution is 0.332. The summed E-state index contributed by atoms with van der Waals surface area (Å²) in [5.41, 5.74) is 30.7. The minimum Gasteiger partial charge on any atom is -0.466 e. The highest BCUT2D eigenvalue weighted by Crippen LogP contribution is 2.61. The molecule has 5 heteroatoms. The molecule has 4 aliphatic carbocycles. The molecule has 4 heterocycles. The van der Waals surface area contributed by atoms with Crippen molar-refractivity contribution in [2.45, 2.75) is 200 Å². The number of fused-ring (bicyclic) bond motifs is 16. The molecule has 8 aromatic carbocycles. The van der Waals surface area contributed by atoms with Crippen molar-refractivity contribution in [1.82, 2.24) is 0 Å². The summed E-state index contributed by atoms with van der Waals surface area (Å²) in [6.07, 6.45) is 6.82. The fraction of sp³-hybridized carbons (Fsp3) is 0.383. The first-order chi connectivity index (χ1) is 40.5. The van der Waals surface area contributed by atoms with Crippen molar-refractivity contribution < 1.29 is 8.83 Å². The van der Waals surface area contributed by atoms with Crippen molar-refractivity contribution in [1.29, 1.82) is 0 Å². The summed E-state index contributed by atoms with van der Waals surface area (Å²) in [7, 11) is 0.